The van der Waals surface area contributed by atoms with Gasteiger partial charge >= 0.3 is 0 Å². The number of aromatic amines is 1. The molecule has 3 rings (SSSR count). The first-order chi connectivity index (χ1) is 19.0. The summed E-state index contributed by atoms with van der Waals surface area (Å²) in [6, 6.07) is -2.72. The van der Waals surface area contributed by atoms with Crippen LogP contribution in [0.3, 0.4) is 0 Å². The number of hydrogen-bond acceptors (Lipinski definition) is 5. The largest absolute Gasteiger partial charge is 0.506 e. The van der Waals surface area contributed by atoms with Gasteiger partial charge in [0.15, 0.2) is 1.41 Å². The van der Waals surface area contributed by atoms with E-state index < -0.39 is 92.4 Å². The number of amides is 1. The topological polar surface area (TPSA) is 103 Å². The molecule has 1 aliphatic rings. The number of hydrogen-bond donors (Lipinski definition) is 3. The molecule has 8 heteroatoms. The fourth-order valence-corrected chi connectivity index (χ4v) is 2.46. The highest BCUT2D eigenvalue weighted by Crippen LogP contribution is 2.26. The summed E-state index contributed by atoms with van der Waals surface area (Å²) in [6.07, 6.45) is -7.34. The Morgan fingerprint density at radius 1 is 1.78 bits per heavy atom. The van der Waals surface area contributed by atoms with E-state index in [1.54, 1.807) is 0 Å². The SMILES string of the molecule is [2H]N(CCC([2H])([2H])N1C([2H])([2H])C([2H])([2H])C([2H])([2H])C([2H])(C)C1([2H])[2H])C(=O)c1c(O)c2cn[nH]c2n(C([2H])(C)C([2H])([2H])[2H])c1=O. The van der Waals surface area contributed by atoms with Crippen molar-refractivity contribution in [3.8, 4) is 5.75 Å². The minimum atomic E-state index is -3.72. The van der Waals surface area contributed by atoms with E-state index >= 15 is 0 Å². The molecule has 2 unspecified atom stereocenters. The second kappa shape index (κ2) is 8.12. The highest BCUT2D eigenvalue weighted by atomic mass is 16.3. The average Bonchev–Trinajstić information content (AvgIpc) is 3.29. The number of rotatable bonds is 6. The van der Waals surface area contributed by atoms with Crippen LogP contribution in [0.5, 0.6) is 5.75 Å². The third-order valence-corrected chi connectivity index (χ3v) is 3.64. The zero-order chi connectivity index (χ0) is 33.7. The Kier molecular flexibility index (Phi) is 2.28. The molecule has 0 aliphatic carbocycles. The number of aromatic hydroxyl groups is 1. The van der Waals surface area contributed by atoms with Crippen molar-refractivity contribution in [2.45, 2.75) is 45.9 Å². The minimum absolute atomic E-state index is 0.0654. The van der Waals surface area contributed by atoms with Crippen LogP contribution >= 0.6 is 0 Å². The van der Waals surface area contributed by atoms with Crippen LogP contribution in [0.4, 0.5) is 0 Å². The first-order valence-electron chi connectivity index (χ1n) is 15.8. The number of H-pyrrole nitrogens is 1. The Labute approximate surface area is 181 Å². The summed E-state index contributed by atoms with van der Waals surface area (Å²) in [4.78, 5) is 26.3. The molecule has 0 bridgehead atoms. The molecule has 3 N–H and O–H groups in total. The lowest BCUT2D eigenvalue weighted by Gasteiger charge is -2.30. The van der Waals surface area contributed by atoms with Crippen molar-refractivity contribution in [1.82, 2.24) is 25.0 Å². The molecule has 27 heavy (non-hydrogen) atoms. The maximum absolute atomic E-state index is 13.3. The summed E-state index contributed by atoms with van der Waals surface area (Å²) in [7, 11) is 0. The van der Waals surface area contributed by atoms with Crippen LogP contribution < -0.4 is 10.9 Å². The average molecular weight is 392 g/mol. The molecule has 0 aromatic carbocycles. The Bertz CT molecular complexity index is 1470. The van der Waals surface area contributed by atoms with Gasteiger partial charge in [-0.05, 0) is 51.8 Å². The molecule has 148 valence electrons. The van der Waals surface area contributed by atoms with Gasteiger partial charge in [-0.15, -0.1) is 0 Å². The summed E-state index contributed by atoms with van der Waals surface area (Å²) >= 11 is 0. The van der Waals surface area contributed by atoms with Crippen LogP contribution in [0.1, 0.15) is 76.8 Å². The van der Waals surface area contributed by atoms with Crippen LogP contribution in [0.2, 0.25) is 1.41 Å². The first kappa shape index (κ1) is 7.58. The third-order valence-electron chi connectivity index (χ3n) is 3.64. The van der Waals surface area contributed by atoms with Crippen molar-refractivity contribution < 1.29 is 31.9 Å². The summed E-state index contributed by atoms with van der Waals surface area (Å²) in [6.45, 7) is -13.2. The predicted octanol–water partition coefficient (Wildman–Crippen LogP) is 1.86. The van der Waals surface area contributed by atoms with Crippen molar-refractivity contribution in [1.29, 1.82) is 0 Å². The maximum atomic E-state index is 13.3. The van der Waals surface area contributed by atoms with Gasteiger partial charge in [-0.3, -0.25) is 19.3 Å². The van der Waals surface area contributed by atoms with E-state index in [1.165, 1.54) is 0 Å². The normalized spacial score (nSPS) is 40.4. The van der Waals surface area contributed by atoms with E-state index in [1.807, 2.05) is 0 Å². The minimum Gasteiger partial charge on any atom is -0.506 e. The van der Waals surface area contributed by atoms with E-state index in [-0.39, 0.29) is 15.6 Å². The van der Waals surface area contributed by atoms with E-state index in [2.05, 4.69) is 10.2 Å². The Morgan fingerprint density at radius 2 is 2.59 bits per heavy atom. The zero-order valence-corrected chi connectivity index (χ0v) is 14.5. The van der Waals surface area contributed by atoms with Crippen molar-refractivity contribution in [3.63, 3.8) is 0 Å². The van der Waals surface area contributed by atoms with Crippen molar-refractivity contribution >= 4 is 16.9 Å². The van der Waals surface area contributed by atoms with Gasteiger partial charge in [0.05, 0.1) is 13.0 Å². The van der Waals surface area contributed by atoms with Crippen molar-refractivity contribution in [3.05, 3.63) is 22.1 Å². The molecule has 0 spiro atoms. The molecule has 2 atom stereocenters. The maximum Gasteiger partial charge on any atom is 0.269 e. The summed E-state index contributed by atoms with van der Waals surface area (Å²) in [5.41, 5.74) is -3.13. The Morgan fingerprint density at radius 3 is 3.37 bits per heavy atom. The Balaban J connectivity index is 2.05. The summed E-state index contributed by atoms with van der Waals surface area (Å²) < 4.78 is 130. The number of carbonyl (C=O) groups is 1. The van der Waals surface area contributed by atoms with Crippen LogP contribution in [0.25, 0.3) is 11.0 Å². The number of nitrogens with one attached hydrogen (secondary N) is 2. The molecule has 1 fully saturated rings. The standard InChI is InChI=1S/C19H29N5O3/c1-12(2)24-17-14(10-21-22-17)16(25)15(19(24)27)18(26)20-7-5-9-23-8-4-6-13(3)11-23/h10,12-13,25H,4-9,11H2,1-3H3,(H,20,26)(H,21,22)/i1D3,4D2,6D2,8D2,9D2,11D2,12D,13D/hD. The van der Waals surface area contributed by atoms with Crippen molar-refractivity contribution in [2.24, 2.45) is 5.89 Å². The van der Waals surface area contributed by atoms with E-state index in [0.717, 1.165) is 13.1 Å². The smallest absolute Gasteiger partial charge is 0.269 e. The number of fused-ring (bicyclic) bond motifs is 1. The van der Waals surface area contributed by atoms with Gasteiger partial charge in [-0.2, -0.15) is 5.10 Å². The van der Waals surface area contributed by atoms with Gasteiger partial charge < -0.3 is 15.3 Å². The number of carbonyl (C=O) groups excluding carboxylic acids is 1. The lowest BCUT2D eigenvalue weighted by Crippen LogP contribution is -2.38. The monoisotopic (exact) mass is 391 g/mol. The van der Waals surface area contributed by atoms with Crippen LogP contribution in [-0.4, -0.2) is 56.7 Å². The number of aromatic nitrogens is 3. The van der Waals surface area contributed by atoms with Gasteiger partial charge in [0.1, 0.15) is 17.0 Å². The van der Waals surface area contributed by atoms with Crippen LogP contribution in [-0.2, 0) is 0 Å². The fraction of sp³-hybridized carbons (Fsp3) is 0.632. The highest BCUT2D eigenvalue weighted by molar-refractivity contribution is 6.01. The van der Waals surface area contributed by atoms with Crippen LogP contribution in [0.15, 0.2) is 11.0 Å². The molecule has 1 aliphatic heterocycles. The molecule has 0 radical (unpaired) electrons. The Hall–Kier alpha value is -2.35. The number of piperidine rings is 1. The van der Waals surface area contributed by atoms with Gasteiger partial charge in [-0.25, -0.2) is 0 Å². The fourth-order valence-electron chi connectivity index (χ4n) is 2.46. The van der Waals surface area contributed by atoms with Crippen LogP contribution in [0, 0.1) is 5.89 Å². The molecule has 0 saturated carbocycles. The van der Waals surface area contributed by atoms with E-state index in [4.69, 9.17) is 22.0 Å². The molecular formula is C19H29N5O3. The molecule has 1 saturated heterocycles. The second-order valence-corrected chi connectivity index (χ2v) is 5.61. The summed E-state index contributed by atoms with van der Waals surface area (Å²) in [5.74, 6) is -5.74. The quantitative estimate of drug-likeness (QED) is 0.697. The molecule has 8 nitrogen and oxygen atoms in total. The second-order valence-electron chi connectivity index (χ2n) is 5.61. The zero-order valence-electron chi connectivity index (χ0n) is 30.5. The highest BCUT2D eigenvalue weighted by Gasteiger charge is 2.24. The molecule has 2 aromatic rings. The third kappa shape index (κ3) is 4.00. The van der Waals surface area contributed by atoms with E-state index in [9.17, 15) is 14.7 Å². The molecule has 2 aromatic heterocycles. The molecular weight excluding hydrogens is 346 g/mol. The van der Waals surface area contributed by atoms with Gasteiger partial charge in [-0.1, -0.05) is 6.92 Å². The lowest BCUT2D eigenvalue weighted by molar-refractivity contribution is 0.0945. The van der Waals surface area contributed by atoms with Crippen molar-refractivity contribution in [2.75, 3.05) is 26.0 Å². The predicted molar refractivity (Wildman–Crippen MR) is 104 cm³/mol. The lowest BCUT2D eigenvalue weighted by atomic mass is 10.0. The van der Waals surface area contributed by atoms with Gasteiger partial charge in [0, 0.05) is 38.3 Å². The number of likely N-dealkylation sites (tertiary alicyclic amines) is 1. The molecule has 3 heterocycles. The number of pyridine rings is 1. The van der Waals surface area contributed by atoms with Gasteiger partial charge in [0.25, 0.3) is 11.5 Å². The number of nitrogens with zero attached hydrogens (tertiary/aromatic N) is 3. The van der Waals surface area contributed by atoms with E-state index in [0.29, 0.717) is 11.5 Å². The summed E-state index contributed by atoms with van der Waals surface area (Å²) in [5, 5.41) is 16.1. The molecule has 1 amide bonds. The van der Waals surface area contributed by atoms with Gasteiger partial charge in [0.2, 0.25) is 0 Å². The first-order valence-corrected chi connectivity index (χ1v) is 7.89.